The fourth-order valence-corrected chi connectivity index (χ4v) is 18.7. The number of carboxylic acid groups (broad SMARTS) is 1. The van der Waals surface area contributed by atoms with E-state index in [0.717, 1.165) is 0 Å². The number of nitrogens with one attached hydrogen (secondary N) is 19. The van der Waals surface area contributed by atoms with Crippen molar-refractivity contribution < 1.29 is 82.1 Å². The van der Waals surface area contributed by atoms with Crippen molar-refractivity contribution in [3.63, 3.8) is 0 Å². The molecule has 1 aromatic carbocycles. The first-order chi connectivity index (χ1) is 64.7. The predicted molar refractivity (Wildman–Crippen MR) is 498 cm³/mol. The highest BCUT2D eigenvalue weighted by Crippen LogP contribution is 2.32. The molecule has 35 N–H and O–H groups in total. The van der Waals surface area contributed by atoms with Gasteiger partial charge in [-0.1, -0.05) is 26.0 Å². The number of nitrogens with zero attached hydrogens (tertiary/aromatic N) is 7. The van der Waals surface area contributed by atoms with Crippen LogP contribution in [0.15, 0.2) is 24.3 Å². The Morgan fingerprint density at radius 2 is 0.581 bits per heavy atom. The molecule has 0 unspecified atom stereocenters. The van der Waals surface area contributed by atoms with Crippen LogP contribution in [-0.4, -0.2) is 345 Å². The number of hydrogen-bond acceptors (Lipinski definition) is 23. The lowest BCUT2D eigenvalue weighted by Crippen LogP contribution is -2.60. The highest BCUT2D eigenvalue weighted by Gasteiger charge is 2.50. The summed E-state index contributed by atoms with van der Waals surface area (Å²) in [7, 11) is 0. The minimum Gasteiger partial charge on any atom is -0.508 e. The Balaban J connectivity index is 0.965. The molecule has 8 rings (SSSR count). The summed E-state index contributed by atoms with van der Waals surface area (Å²) >= 11 is 0. The number of amides is 14. The van der Waals surface area contributed by atoms with E-state index in [1.54, 1.807) is 0 Å². The normalized spacial score (nSPS) is 20.8. The Kier molecular flexibility index (Phi) is 42.1. The summed E-state index contributed by atoms with van der Waals surface area (Å²) in [4.78, 5) is 229. The Bertz CT molecular complexity index is 4430. The number of aliphatic carboxylic acids is 1. The van der Waals surface area contributed by atoms with Crippen LogP contribution in [0.2, 0.25) is 0 Å². The molecule has 7 heterocycles. The molecule has 7 aliphatic rings. The number of guanidine groups is 6. The van der Waals surface area contributed by atoms with E-state index in [1.165, 1.54) is 58.6 Å². The maximum absolute atomic E-state index is 15.3. The number of phenolic OH excluding ortho intramolecular Hbond substituents is 1. The van der Waals surface area contributed by atoms with Crippen LogP contribution in [-0.2, 0) is 78.3 Å². The standard InChI is InChI=1S/C86H143N33O17/c1-48(2)46-58(77(132)115-41-11-24-61(115)71(126)108-54(19-6-36-103-84(94)95)74(129)114-40-10-23-60(114)70(125)110-56(21-8-38-105-86(98)99)76(131)118-44-14-27-64(118)79(134)119-45-15-28-65(119)80(135)136)112-68(123)57(47-49-29-31-50(120)32-30-49)111-72(127)62-25-12-42-116(62)78(133)63-26-13-43-117(63)75(130)55(20-7-37-104-85(96)97)109-69(124)59-22-9-39-113(59)73(128)53(18-5-35-102-83(92)93)107-67(122)52(17-4-34-101-82(90)91)106-66(121)51(87)16-3-33-100-81(88)89/h29-32,48,51-65,120H,3-28,33-47,87H2,1-2H3,(H,106,121)(H,107,122)(H,108,126)(H,109,124)(H,110,125)(H,111,127)(H,112,123)(H,135,136)(H4,88,89,100)(H4,90,91,101)(H4,92,93,102)(H4,94,95,103)(H4,96,97,104)(H4,98,99,105)/t51-,52-,53-,54-,55-,56-,57-,58-,59-,60-,61-,62-,63-,64-,65-/m0/s1. The van der Waals surface area contributed by atoms with Crippen molar-refractivity contribution in [3.05, 3.63) is 29.8 Å². The van der Waals surface area contributed by atoms with Crippen molar-refractivity contribution in [3.8, 4) is 5.75 Å². The molecule has 0 spiro atoms. The first-order valence-corrected chi connectivity index (χ1v) is 47.2. The van der Waals surface area contributed by atoms with Gasteiger partial charge in [0, 0.05) is 91.5 Å². The number of carboxylic acids is 1. The quantitative estimate of drug-likeness (QED) is 0.0164. The molecular weight excluding hydrogens is 1770 g/mol. The monoisotopic (exact) mass is 1910 g/mol. The first-order valence-electron chi connectivity index (χ1n) is 47.2. The third-order valence-electron chi connectivity index (χ3n) is 25.5. The molecule has 7 saturated heterocycles. The van der Waals surface area contributed by atoms with Gasteiger partial charge < -0.3 is 154 Å². The lowest BCUT2D eigenvalue weighted by atomic mass is 10.00. The number of benzene rings is 1. The lowest BCUT2D eigenvalue weighted by molar-refractivity contribution is -0.152. The minimum atomic E-state index is -1.47. The largest absolute Gasteiger partial charge is 0.508 e. The Morgan fingerprint density at radius 1 is 0.331 bits per heavy atom. The highest BCUT2D eigenvalue weighted by atomic mass is 16.4. The van der Waals surface area contributed by atoms with Crippen LogP contribution in [0.4, 0.5) is 0 Å². The van der Waals surface area contributed by atoms with Gasteiger partial charge in [0.2, 0.25) is 82.7 Å². The fraction of sp³-hybridized carbons (Fsp3) is 0.686. The lowest BCUT2D eigenvalue weighted by Gasteiger charge is -2.34. The van der Waals surface area contributed by atoms with Crippen molar-refractivity contribution in [2.24, 2.45) is 46.1 Å². The van der Waals surface area contributed by atoms with Crippen molar-refractivity contribution in [1.29, 1.82) is 32.5 Å². The Hall–Kier alpha value is -13.3. The van der Waals surface area contributed by atoms with Crippen LogP contribution in [0.3, 0.4) is 0 Å². The Morgan fingerprint density at radius 3 is 0.912 bits per heavy atom. The number of carbonyl (C=O) groups is 15. The number of likely N-dealkylation sites (tertiary alicyclic amines) is 7. The van der Waals surface area contributed by atoms with E-state index in [2.05, 4.69) is 69.1 Å². The second kappa shape index (κ2) is 53.1. The molecule has 136 heavy (non-hydrogen) atoms. The average Bonchev–Trinajstić information content (AvgIpc) is 1.62. The van der Waals surface area contributed by atoms with E-state index in [0.29, 0.717) is 56.9 Å². The first kappa shape index (κ1) is 108. The average molecular weight is 1910 g/mol. The van der Waals surface area contributed by atoms with Gasteiger partial charge in [-0.3, -0.25) is 99.6 Å². The summed E-state index contributed by atoms with van der Waals surface area (Å²) in [6.45, 7) is 4.91. The molecule has 0 bridgehead atoms. The minimum absolute atomic E-state index is 0.00497. The van der Waals surface area contributed by atoms with Crippen molar-refractivity contribution in [2.75, 3.05) is 85.1 Å². The SMILES string of the molecule is CC(C)C[C@H](NC(=O)[C@H](Cc1ccc(O)cc1)NC(=O)[C@@H]1CCCN1C(=O)[C@@H]1CCCN1C(=O)[C@H](CCCNC(=N)N)NC(=O)[C@@H]1CCCN1C(=O)[C@H](CCCNC(=N)N)NC(=O)[C@H](CCCNC(=N)N)NC(=O)[C@@H](N)CCCNC(=N)N)C(=O)N1CCC[C@H]1C(=O)N[C@@H](CCCNC(=N)N)C(=O)N1CCC[C@H]1C(=O)N[C@@H](CCCNC(=N)N)C(=O)N1CCC[C@H]1C(=O)N1CCC[C@H]1C(=O)O. The molecule has 7 aliphatic heterocycles. The zero-order valence-corrected chi connectivity index (χ0v) is 77.7. The van der Waals surface area contributed by atoms with Crippen molar-refractivity contribution >= 4 is 124 Å². The molecule has 50 nitrogen and oxygen atoms in total. The van der Waals surface area contributed by atoms with E-state index in [-0.39, 0.29) is 261 Å². The summed E-state index contributed by atoms with van der Waals surface area (Å²) in [5.41, 5.74) is 40.0. The van der Waals surface area contributed by atoms with Gasteiger partial charge in [-0.25, -0.2) is 4.79 Å². The zero-order valence-electron chi connectivity index (χ0n) is 77.7. The van der Waals surface area contributed by atoms with Crippen LogP contribution in [0.1, 0.15) is 193 Å². The van der Waals surface area contributed by atoms with Crippen molar-refractivity contribution in [1.82, 2.24) is 103 Å². The topological polar surface area (TPSA) is 801 Å². The molecule has 1 aromatic rings. The van der Waals surface area contributed by atoms with E-state index in [1.807, 2.05) is 13.8 Å². The van der Waals surface area contributed by atoms with Gasteiger partial charge in [-0.2, -0.15) is 0 Å². The number of carbonyl (C=O) groups excluding carboxylic acids is 14. The second-order valence-electron chi connectivity index (χ2n) is 36.1. The number of rotatable bonds is 50. The summed E-state index contributed by atoms with van der Waals surface area (Å²) in [6.07, 6.45) is 4.54. The van der Waals surface area contributed by atoms with Crippen LogP contribution in [0.5, 0.6) is 5.75 Å². The van der Waals surface area contributed by atoms with E-state index >= 15 is 38.4 Å². The third kappa shape index (κ3) is 31.9. The highest BCUT2D eigenvalue weighted by molar-refractivity contribution is 6.02. The van der Waals surface area contributed by atoms with E-state index < -0.39 is 179 Å². The molecule has 0 aliphatic carbocycles. The molecule has 754 valence electrons. The number of aromatic hydroxyl groups is 1. The van der Waals surface area contributed by atoms with E-state index in [4.69, 9.17) is 72.6 Å². The number of phenols is 1. The smallest absolute Gasteiger partial charge is 0.326 e. The van der Waals surface area contributed by atoms with Gasteiger partial charge >= 0.3 is 5.97 Å². The van der Waals surface area contributed by atoms with Gasteiger partial charge in [0.05, 0.1) is 6.04 Å². The van der Waals surface area contributed by atoms with Crippen LogP contribution >= 0.6 is 0 Å². The van der Waals surface area contributed by atoms with Gasteiger partial charge in [0.25, 0.3) is 0 Å². The second-order valence-corrected chi connectivity index (χ2v) is 36.1. The number of hydrogen-bond donors (Lipinski definition) is 28. The summed E-state index contributed by atoms with van der Waals surface area (Å²) in [5, 5.41) is 102. The molecule has 0 aromatic heterocycles. The molecule has 0 saturated carbocycles. The molecule has 14 amide bonds. The van der Waals surface area contributed by atoms with Gasteiger partial charge in [0.1, 0.15) is 90.3 Å². The molecular formula is C86H143N33O17. The maximum atomic E-state index is 15.3. The summed E-state index contributed by atoms with van der Waals surface area (Å²) in [6, 6.07) is -12.7. The van der Waals surface area contributed by atoms with E-state index in [9.17, 15) is 43.8 Å². The molecule has 7 fully saturated rings. The Labute approximate surface area is 790 Å². The number of nitrogens with two attached hydrogens (primary N) is 7. The van der Waals surface area contributed by atoms with Crippen LogP contribution in [0.25, 0.3) is 0 Å². The maximum Gasteiger partial charge on any atom is 0.326 e. The van der Waals surface area contributed by atoms with Crippen LogP contribution in [0, 0.1) is 38.4 Å². The van der Waals surface area contributed by atoms with Gasteiger partial charge in [-0.15, -0.1) is 0 Å². The fourth-order valence-electron chi connectivity index (χ4n) is 18.7. The summed E-state index contributed by atoms with van der Waals surface area (Å²) in [5.74, 6) is -13.3. The van der Waals surface area contributed by atoms with Crippen LogP contribution < -0.4 is 109 Å². The molecule has 50 heteroatoms. The summed E-state index contributed by atoms with van der Waals surface area (Å²) < 4.78 is 0. The van der Waals surface area contributed by atoms with Crippen molar-refractivity contribution in [2.45, 2.75) is 284 Å². The third-order valence-corrected chi connectivity index (χ3v) is 25.5. The zero-order chi connectivity index (χ0) is 99.6. The predicted octanol–water partition coefficient (Wildman–Crippen LogP) is -6.70. The van der Waals surface area contributed by atoms with Gasteiger partial charge in [0.15, 0.2) is 35.8 Å². The molecule has 0 radical (unpaired) electrons. The molecule has 15 atom stereocenters. The van der Waals surface area contributed by atoms with Gasteiger partial charge in [-0.05, 0) is 197 Å².